The van der Waals surface area contributed by atoms with Crippen molar-refractivity contribution >= 4 is 39.1 Å². The Morgan fingerprint density at radius 2 is 1.69 bits per heavy atom. The van der Waals surface area contributed by atoms with E-state index in [1.807, 2.05) is 50.6 Å². The smallest absolute Gasteiger partial charge is 0.279 e. The Hall–Kier alpha value is -2.51. The second-order valence-electron chi connectivity index (χ2n) is 6.05. The fraction of sp³-hybridized carbons (Fsp3) is 0.333. The van der Waals surface area contributed by atoms with Gasteiger partial charge >= 0.3 is 0 Å². The van der Waals surface area contributed by atoms with Gasteiger partial charge in [-0.15, -0.1) is 0 Å². The van der Waals surface area contributed by atoms with Crippen molar-refractivity contribution in [2.45, 2.75) is 20.8 Å². The van der Waals surface area contributed by atoms with Crippen LogP contribution in [-0.2, 0) is 7.05 Å². The maximum atomic E-state index is 13.0. The number of halogens is 1. The van der Waals surface area contributed by atoms with Crippen molar-refractivity contribution in [3.63, 3.8) is 0 Å². The molecule has 0 aliphatic heterocycles. The number of benzene rings is 2. The number of aromatic nitrogens is 1. The molecule has 8 heteroatoms. The van der Waals surface area contributed by atoms with Crippen molar-refractivity contribution in [3.05, 3.63) is 45.7 Å². The SMILES string of the molecule is CCOc1cc(C(=O)N=c2sc3cccc(Cl)c3n2C)cc(OCC)c1OCC. The van der Waals surface area contributed by atoms with E-state index in [1.54, 1.807) is 12.1 Å². The van der Waals surface area contributed by atoms with E-state index in [-0.39, 0.29) is 0 Å². The van der Waals surface area contributed by atoms with E-state index in [1.165, 1.54) is 11.3 Å². The van der Waals surface area contributed by atoms with E-state index in [4.69, 9.17) is 25.8 Å². The van der Waals surface area contributed by atoms with Gasteiger partial charge in [0.05, 0.1) is 35.1 Å². The molecule has 0 radical (unpaired) electrons. The predicted octanol–water partition coefficient (Wildman–Crippen LogP) is 4.83. The normalized spacial score (nSPS) is 11.7. The maximum absolute atomic E-state index is 13.0. The fourth-order valence-corrected chi connectivity index (χ4v) is 4.33. The largest absolute Gasteiger partial charge is 0.490 e. The molecule has 0 atom stereocenters. The minimum atomic E-state index is -0.395. The van der Waals surface area contributed by atoms with Gasteiger partial charge in [0, 0.05) is 12.6 Å². The predicted molar refractivity (Wildman–Crippen MR) is 116 cm³/mol. The number of hydrogen-bond donors (Lipinski definition) is 0. The number of aryl methyl sites for hydroxylation is 1. The zero-order valence-electron chi connectivity index (χ0n) is 16.8. The number of carbonyl (C=O) groups is 1. The Kier molecular flexibility index (Phi) is 6.82. The molecule has 1 aromatic heterocycles. The van der Waals surface area contributed by atoms with Gasteiger partial charge < -0.3 is 18.8 Å². The minimum absolute atomic E-state index is 0.365. The molecule has 154 valence electrons. The number of thiazole rings is 1. The highest BCUT2D eigenvalue weighted by molar-refractivity contribution is 7.16. The van der Waals surface area contributed by atoms with Gasteiger partial charge in [0.15, 0.2) is 16.3 Å². The number of carbonyl (C=O) groups excluding carboxylic acids is 1. The average Bonchev–Trinajstić information content (AvgIpc) is 3.01. The van der Waals surface area contributed by atoms with Crippen LogP contribution in [0.1, 0.15) is 31.1 Å². The van der Waals surface area contributed by atoms with Crippen molar-refractivity contribution < 1.29 is 19.0 Å². The zero-order chi connectivity index (χ0) is 21.0. The molecule has 0 spiro atoms. The first-order valence-corrected chi connectivity index (χ1v) is 10.6. The quantitative estimate of drug-likeness (QED) is 0.534. The van der Waals surface area contributed by atoms with Crippen LogP contribution >= 0.6 is 22.9 Å². The van der Waals surface area contributed by atoms with Crippen molar-refractivity contribution in [3.8, 4) is 17.2 Å². The van der Waals surface area contributed by atoms with Gasteiger partial charge in [0.25, 0.3) is 5.91 Å². The molecule has 0 bridgehead atoms. The molecule has 1 heterocycles. The molecular weight excluding hydrogens is 412 g/mol. The van der Waals surface area contributed by atoms with Crippen LogP contribution < -0.4 is 19.0 Å². The molecule has 2 aromatic carbocycles. The lowest BCUT2D eigenvalue weighted by molar-refractivity contribution is 0.0997. The standard InChI is InChI=1S/C21H23ClN2O4S/c1-5-26-15-11-13(12-16(27-6-2)19(15)28-7-3)20(25)23-21-24(4)18-14(22)9-8-10-17(18)29-21/h8-12H,5-7H2,1-4H3. The first-order chi connectivity index (χ1) is 14.0. The lowest BCUT2D eigenvalue weighted by atomic mass is 10.1. The van der Waals surface area contributed by atoms with Crippen LogP contribution in [0, 0.1) is 0 Å². The third-order valence-electron chi connectivity index (χ3n) is 4.13. The van der Waals surface area contributed by atoms with E-state index in [0.29, 0.717) is 52.5 Å². The highest BCUT2D eigenvalue weighted by Gasteiger charge is 2.18. The second kappa shape index (κ2) is 9.33. The van der Waals surface area contributed by atoms with Crippen molar-refractivity contribution in [1.82, 2.24) is 4.57 Å². The van der Waals surface area contributed by atoms with Gasteiger partial charge in [0.2, 0.25) is 5.75 Å². The molecule has 1 amide bonds. The number of ether oxygens (including phenoxy) is 3. The number of hydrogen-bond acceptors (Lipinski definition) is 5. The zero-order valence-corrected chi connectivity index (χ0v) is 18.4. The van der Waals surface area contributed by atoms with Gasteiger partial charge in [-0.25, -0.2) is 0 Å². The summed E-state index contributed by atoms with van der Waals surface area (Å²) < 4.78 is 19.8. The highest BCUT2D eigenvalue weighted by atomic mass is 35.5. The fourth-order valence-electron chi connectivity index (χ4n) is 2.93. The summed E-state index contributed by atoms with van der Waals surface area (Å²) in [5, 5.41) is 0.619. The highest BCUT2D eigenvalue weighted by Crippen LogP contribution is 2.39. The first-order valence-electron chi connectivity index (χ1n) is 9.39. The lowest BCUT2D eigenvalue weighted by Gasteiger charge is -2.16. The summed E-state index contributed by atoms with van der Waals surface area (Å²) >= 11 is 7.70. The Morgan fingerprint density at radius 1 is 1.07 bits per heavy atom. The molecule has 0 N–H and O–H groups in total. The van der Waals surface area contributed by atoms with Gasteiger partial charge in [0.1, 0.15) is 0 Å². The third kappa shape index (κ3) is 4.41. The molecule has 3 aromatic rings. The first kappa shape index (κ1) is 21.2. The summed E-state index contributed by atoms with van der Waals surface area (Å²) in [7, 11) is 1.84. The van der Waals surface area contributed by atoms with Gasteiger partial charge in [-0.2, -0.15) is 4.99 Å². The Morgan fingerprint density at radius 3 is 2.24 bits per heavy atom. The van der Waals surface area contributed by atoms with Crippen LogP contribution in [-0.4, -0.2) is 30.3 Å². The van der Waals surface area contributed by atoms with E-state index >= 15 is 0 Å². The second-order valence-corrected chi connectivity index (χ2v) is 7.46. The summed E-state index contributed by atoms with van der Waals surface area (Å²) in [6, 6.07) is 8.93. The molecule has 29 heavy (non-hydrogen) atoms. The molecular formula is C21H23ClN2O4S. The topological polar surface area (TPSA) is 62.0 Å². The molecule has 0 aliphatic carbocycles. The van der Waals surface area contributed by atoms with Gasteiger partial charge in [-0.3, -0.25) is 4.79 Å². The Balaban J connectivity index is 2.10. The van der Waals surface area contributed by atoms with E-state index in [9.17, 15) is 4.79 Å². The Labute approximate surface area is 178 Å². The number of nitrogens with zero attached hydrogens (tertiary/aromatic N) is 2. The molecule has 0 unspecified atom stereocenters. The summed E-state index contributed by atoms with van der Waals surface area (Å²) in [4.78, 5) is 17.8. The van der Waals surface area contributed by atoms with E-state index in [0.717, 1.165) is 10.2 Å². The third-order valence-corrected chi connectivity index (χ3v) is 5.53. The van der Waals surface area contributed by atoms with Crippen LogP contribution in [0.3, 0.4) is 0 Å². The molecule has 0 fully saturated rings. The van der Waals surface area contributed by atoms with Crippen LogP contribution in [0.2, 0.25) is 5.02 Å². The van der Waals surface area contributed by atoms with Crippen molar-refractivity contribution in [1.29, 1.82) is 0 Å². The van der Waals surface area contributed by atoms with Crippen LogP contribution in [0.25, 0.3) is 10.2 Å². The van der Waals surface area contributed by atoms with Crippen LogP contribution in [0.15, 0.2) is 35.3 Å². The molecule has 0 saturated carbocycles. The average molecular weight is 435 g/mol. The maximum Gasteiger partial charge on any atom is 0.279 e. The van der Waals surface area contributed by atoms with Crippen LogP contribution in [0.4, 0.5) is 0 Å². The molecule has 0 saturated heterocycles. The molecule has 0 aliphatic rings. The van der Waals surface area contributed by atoms with Crippen molar-refractivity contribution in [2.24, 2.45) is 12.0 Å². The number of fused-ring (bicyclic) bond motifs is 1. The molecule has 3 rings (SSSR count). The molecule has 6 nitrogen and oxygen atoms in total. The summed E-state index contributed by atoms with van der Waals surface area (Å²) in [5.74, 6) is 1.02. The van der Waals surface area contributed by atoms with Crippen molar-refractivity contribution in [2.75, 3.05) is 19.8 Å². The summed E-state index contributed by atoms with van der Waals surface area (Å²) in [5.41, 5.74) is 1.21. The van der Waals surface area contributed by atoms with Crippen LogP contribution in [0.5, 0.6) is 17.2 Å². The number of rotatable bonds is 7. The number of amides is 1. The number of para-hydroxylation sites is 1. The van der Waals surface area contributed by atoms with E-state index < -0.39 is 5.91 Å². The summed E-state index contributed by atoms with van der Waals surface area (Å²) in [6.45, 7) is 6.95. The minimum Gasteiger partial charge on any atom is -0.490 e. The van der Waals surface area contributed by atoms with Gasteiger partial charge in [-0.05, 0) is 45.0 Å². The Bertz CT molecular complexity index is 1080. The van der Waals surface area contributed by atoms with Gasteiger partial charge in [-0.1, -0.05) is 29.0 Å². The van der Waals surface area contributed by atoms with E-state index in [2.05, 4.69) is 4.99 Å². The monoisotopic (exact) mass is 434 g/mol. The summed E-state index contributed by atoms with van der Waals surface area (Å²) in [6.07, 6.45) is 0. The lowest BCUT2D eigenvalue weighted by Crippen LogP contribution is -2.14.